The van der Waals surface area contributed by atoms with Crippen molar-refractivity contribution in [3.8, 4) is 22.1 Å². The predicted octanol–water partition coefficient (Wildman–Crippen LogP) is 6.55. The van der Waals surface area contributed by atoms with Crippen LogP contribution in [0.15, 0.2) is 30.6 Å². The zero-order chi connectivity index (χ0) is 27.6. The van der Waals surface area contributed by atoms with Crippen LogP contribution in [-0.2, 0) is 9.53 Å². The molecule has 208 valence electrons. The molecule has 1 saturated carbocycles. The van der Waals surface area contributed by atoms with Gasteiger partial charge in [-0.2, -0.15) is 4.98 Å². The van der Waals surface area contributed by atoms with Gasteiger partial charge in [-0.15, -0.1) is 11.3 Å². The zero-order valence-electron chi connectivity index (χ0n) is 23.2. The minimum atomic E-state index is -0.991. The SMILES string of the molecule is CCOCC1CCC(c2ncc(-c3cc(Nc4nccc(OC(C)C)n4)cc4c3OC(C)(C)C(=O)N4)s2)CC1. The molecule has 0 spiro atoms. The molecule has 1 amide bonds. The Kier molecular flexibility index (Phi) is 8.04. The maximum Gasteiger partial charge on any atom is 0.268 e. The molecule has 0 bridgehead atoms. The molecule has 2 aromatic heterocycles. The summed E-state index contributed by atoms with van der Waals surface area (Å²) in [5.74, 6) is 2.42. The van der Waals surface area contributed by atoms with Gasteiger partial charge < -0.3 is 24.8 Å². The lowest BCUT2D eigenvalue weighted by Gasteiger charge is -2.33. The molecule has 9 nitrogen and oxygen atoms in total. The normalized spacial score (nSPS) is 20.2. The van der Waals surface area contributed by atoms with Crippen molar-refractivity contribution in [3.05, 3.63) is 35.6 Å². The zero-order valence-corrected chi connectivity index (χ0v) is 24.1. The van der Waals surface area contributed by atoms with Gasteiger partial charge in [-0.25, -0.2) is 9.97 Å². The van der Waals surface area contributed by atoms with E-state index in [-0.39, 0.29) is 12.0 Å². The Bertz CT molecular complexity index is 1320. The maximum atomic E-state index is 12.7. The van der Waals surface area contributed by atoms with Crippen molar-refractivity contribution in [1.29, 1.82) is 0 Å². The summed E-state index contributed by atoms with van der Waals surface area (Å²) in [5.41, 5.74) is 1.20. The fourth-order valence-corrected chi connectivity index (χ4v) is 6.06. The first kappa shape index (κ1) is 27.3. The van der Waals surface area contributed by atoms with Crippen molar-refractivity contribution < 1.29 is 19.0 Å². The highest BCUT2D eigenvalue weighted by atomic mass is 32.1. The van der Waals surface area contributed by atoms with Crippen LogP contribution in [0.1, 0.15) is 71.2 Å². The van der Waals surface area contributed by atoms with Crippen LogP contribution in [0.5, 0.6) is 11.6 Å². The van der Waals surface area contributed by atoms with E-state index in [1.54, 1.807) is 37.4 Å². The smallest absolute Gasteiger partial charge is 0.268 e. The van der Waals surface area contributed by atoms with Gasteiger partial charge >= 0.3 is 0 Å². The first-order valence-corrected chi connectivity index (χ1v) is 14.5. The van der Waals surface area contributed by atoms with Gasteiger partial charge in [0.1, 0.15) is 0 Å². The van der Waals surface area contributed by atoms with Crippen molar-refractivity contribution in [2.45, 2.75) is 77.9 Å². The van der Waals surface area contributed by atoms with E-state index in [4.69, 9.17) is 19.2 Å². The Morgan fingerprint density at radius 1 is 1.21 bits per heavy atom. The average molecular weight is 552 g/mol. The second-order valence-corrected chi connectivity index (χ2v) is 12.0. The topological polar surface area (TPSA) is 107 Å². The fourth-order valence-electron chi connectivity index (χ4n) is 4.96. The van der Waals surface area contributed by atoms with Gasteiger partial charge in [-0.05, 0) is 78.4 Å². The van der Waals surface area contributed by atoms with Crippen molar-refractivity contribution in [3.63, 3.8) is 0 Å². The van der Waals surface area contributed by atoms with Crippen LogP contribution in [0.25, 0.3) is 10.4 Å². The molecule has 0 radical (unpaired) electrons. The molecule has 3 aromatic rings. The van der Waals surface area contributed by atoms with Gasteiger partial charge in [0.25, 0.3) is 5.91 Å². The van der Waals surface area contributed by atoms with E-state index in [0.717, 1.165) is 60.0 Å². The van der Waals surface area contributed by atoms with E-state index >= 15 is 0 Å². The standard InChI is InChI=1S/C29H37N5O4S/c1-6-36-16-18-7-9-19(10-8-18)26-31-15-23(39-26)21-13-20(14-22-25(21)38-29(4,5)27(35)33-22)32-28-30-12-11-24(34-28)37-17(2)3/h11-15,17-19H,6-10,16H2,1-5H3,(H,33,35)(H,30,32,34). The number of benzene rings is 1. The van der Waals surface area contributed by atoms with Gasteiger partial charge in [-0.3, -0.25) is 4.79 Å². The van der Waals surface area contributed by atoms with Gasteiger partial charge in [-0.1, -0.05) is 0 Å². The lowest BCUT2D eigenvalue weighted by atomic mass is 9.83. The summed E-state index contributed by atoms with van der Waals surface area (Å²) in [6.45, 7) is 11.1. The first-order valence-electron chi connectivity index (χ1n) is 13.7. The Hall–Kier alpha value is -3.24. The fraction of sp³-hybridized carbons (Fsp3) is 0.517. The Labute approximate surface area is 233 Å². The Balaban J connectivity index is 1.43. The number of rotatable bonds is 9. The number of anilines is 3. The van der Waals surface area contributed by atoms with Crippen LogP contribution in [0.2, 0.25) is 0 Å². The predicted molar refractivity (Wildman–Crippen MR) is 153 cm³/mol. The van der Waals surface area contributed by atoms with E-state index < -0.39 is 5.60 Å². The summed E-state index contributed by atoms with van der Waals surface area (Å²) in [5, 5.41) is 7.43. The number of nitrogens with one attached hydrogen (secondary N) is 2. The number of carbonyl (C=O) groups is 1. The highest BCUT2D eigenvalue weighted by Gasteiger charge is 2.37. The van der Waals surface area contributed by atoms with Gasteiger partial charge in [0.15, 0.2) is 11.4 Å². The third kappa shape index (κ3) is 6.33. The van der Waals surface area contributed by atoms with E-state index in [0.29, 0.717) is 35.1 Å². The molecule has 2 aliphatic rings. The Morgan fingerprint density at radius 2 is 2.00 bits per heavy atom. The molecular weight excluding hydrogens is 514 g/mol. The monoisotopic (exact) mass is 551 g/mol. The van der Waals surface area contributed by atoms with E-state index in [1.807, 2.05) is 39.1 Å². The summed E-state index contributed by atoms with van der Waals surface area (Å²) in [4.78, 5) is 27.4. The number of thiazole rings is 1. The summed E-state index contributed by atoms with van der Waals surface area (Å²) in [6.07, 6.45) is 8.14. The largest absolute Gasteiger partial charge is 0.475 e. The number of hydrogen-bond donors (Lipinski definition) is 2. The highest BCUT2D eigenvalue weighted by Crippen LogP contribution is 2.47. The summed E-state index contributed by atoms with van der Waals surface area (Å²) < 4.78 is 17.6. The van der Waals surface area contributed by atoms with E-state index in [1.165, 1.54) is 0 Å². The lowest BCUT2D eigenvalue weighted by molar-refractivity contribution is -0.129. The third-order valence-corrected chi connectivity index (χ3v) is 8.22. The number of nitrogens with zero attached hydrogens (tertiary/aromatic N) is 3. The second kappa shape index (κ2) is 11.5. The van der Waals surface area contributed by atoms with Gasteiger partial charge in [0.05, 0.1) is 21.7 Å². The van der Waals surface area contributed by atoms with Crippen LogP contribution in [-0.4, -0.2) is 45.8 Å². The molecule has 2 N–H and O–H groups in total. The molecule has 1 fully saturated rings. The summed E-state index contributed by atoms with van der Waals surface area (Å²) in [6, 6.07) is 5.57. The number of hydrogen-bond acceptors (Lipinski definition) is 9. The molecular formula is C29H37N5O4S. The number of fused-ring (bicyclic) bond motifs is 1. The highest BCUT2D eigenvalue weighted by molar-refractivity contribution is 7.15. The molecule has 0 atom stereocenters. The molecule has 39 heavy (non-hydrogen) atoms. The van der Waals surface area contributed by atoms with Crippen molar-refractivity contribution >= 4 is 34.6 Å². The van der Waals surface area contributed by atoms with Gasteiger partial charge in [0.2, 0.25) is 11.8 Å². The van der Waals surface area contributed by atoms with Crippen molar-refractivity contribution in [1.82, 2.24) is 15.0 Å². The summed E-state index contributed by atoms with van der Waals surface area (Å²) >= 11 is 1.70. The molecule has 1 aromatic carbocycles. The number of amides is 1. The number of ether oxygens (including phenoxy) is 3. The van der Waals surface area contributed by atoms with Gasteiger partial charge in [0, 0.05) is 48.8 Å². The van der Waals surface area contributed by atoms with Crippen LogP contribution in [0.4, 0.5) is 17.3 Å². The molecule has 3 heterocycles. The van der Waals surface area contributed by atoms with Crippen molar-refractivity contribution in [2.75, 3.05) is 23.8 Å². The lowest BCUT2D eigenvalue weighted by Crippen LogP contribution is -2.45. The van der Waals surface area contributed by atoms with Crippen LogP contribution < -0.4 is 20.1 Å². The minimum Gasteiger partial charge on any atom is -0.475 e. The minimum absolute atomic E-state index is 0.000870. The van der Waals surface area contributed by atoms with E-state index in [9.17, 15) is 4.79 Å². The number of carbonyl (C=O) groups excluding carboxylic acids is 1. The molecule has 10 heteroatoms. The van der Waals surface area contributed by atoms with Crippen LogP contribution >= 0.6 is 11.3 Å². The maximum absolute atomic E-state index is 12.7. The first-order chi connectivity index (χ1) is 18.7. The quantitative estimate of drug-likeness (QED) is 0.308. The second-order valence-electron chi connectivity index (χ2n) is 10.9. The van der Waals surface area contributed by atoms with Crippen molar-refractivity contribution in [2.24, 2.45) is 5.92 Å². The third-order valence-electron chi connectivity index (χ3n) is 7.03. The van der Waals surface area contributed by atoms with E-state index in [2.05, 4.69) is 20.6 Å². The molecule has 5 rings (SSSR count). The molecule has 1 aliphatic heterocycles. The Morgan fingerprint density at radius 3 is 2.74 bits per heavy atom. The van der Waals surface area contributed by atoms with Crippen LogP contribution in [0.3, 0.4) is 0 Å². The number of aromatic nitrogens is 3. The molecule has 1 aliphatic carbocycles. The summed E-state index contributed by atoms with van der Waals surface area (Å²) in [7, 11) is 0. The average Bonchev–Trinajstić information content (AvgIpc) is 3.38. The molecule has 0 saturated heterocycles. The van der Waals surface area contributed by atoms with Crippen LogP contribution in [0, 0.1) is 5.92 Å². The molecule has 0 unspecified atom stereocenters.